The molecular formula is C15H25N3O2S. The van der Waals surface area contributed by atoms with Crippen molar-refractivity contribution in [1.29, 1.82) is 0 Å². The molecule has 0 aromatic carbocycles. The molecule has 1 saturated carbocycles. The van der Waals surface area contributed by atoms with E-state index in [1.54, 1.807) is 18.3 Å². The lowest BCUT2D eigenvalue weighted by atomic mass is 9.88. The van der Waals surface area contributed by atoms with Crippen molar-refractivity contribution in [1.82, 2.24) is 9.71 Å². The van der Waals surface area contributed by atoms with Gasteiger partial charge in [0.05, 0.1) is 0 Å². The van der Waals surface area contributed by atoms with Gasteiger partial charge in [-0.05, 0) is 36.8 Å². The first-order chi connectivity index (χ1) is 9.87. The summed E-state index contributed by atoms with van der Waals surface area (Å²) in [5, 5.41) is 3.08. The molecule has 1 atom stereocenters. The van der Waals surface area contributed by atoms with Crippen molar-refractivity contribution in [2.45, 2.75) is 57.4 Å². The summed E-state index contributed by atoms with van der Waals surface area (Å²) in [6, 6.07) is 3.25. The normalized spacial score (nSPS) is 21.4. The topological polar surface area (TPSA) is 71.1 Å². The Hall–Kier alpha value is -1.14. The second-order valence-corrected chi connectivity index (χ2v) is 8.01. The lowest BCUT2D eigenvalue weighted by molar-refractivity contribution is 0.313. The number of aromatic nitrogens is 1. The van der Waals surface area contributed by atoms with Gasteiger partial charge in [-0.3, -0.25) is 0 Å². The molecule has 1 heterocycles. The van der Waals surface area contributed by atoms with Gasteiger partial charge in [0.1, 0.15) is 10.7 Å². The Balaban J connectivity index is 2.23. The molecule has 1 unspecified atom stereocenters. The van der Waals surface area contributed by atoms with Crippen molar-refractivity contribution in [2.75, 3.05) is 11.9 Å². The van der Waals surface area contributed by atoms with E-state index in [-0.39, 0.29) is 16.4 Å². The van der Waals surface area contributed by atoms with Crippen LogP contribution < -0.4 is 10.0 Å². The third kappa shape index (κ3) is 3.74. The Morgan fingerprint density at radius 3 is 2.81 bits per heavy atom. The molecule has 1 aromatic rings. The maximum Gasteiger partial charge on any atom is 0.244 e. The summed E-state index contributed by atoms with van der Waals surface area (Å²) in [5.41, 5.74) is 0.00624. The first kappa shape index (κ1) is 16.2. The maximum absolute atomic E-state index is 12.7. The van der Waals surface area contributed by atoms with E-state index in [9.17, 15) is 8.42 Å². The van der Waals surface area contributed by atoms with Crippen molar-refractivity contribution >= 4 is 15.8 Å². The van der Waals surface area contributed by atoms with Crippen LogP contribution >= 0.6 is 0 Å². The molecule has 1 aliphatic rings. The SMILES string of the molecule is CCCNc1ncccc1S(=O)(=O)NC1CCCC1(C)C. The van der Waals surface area contributed by atoms with Gasteiger partial charge < -0.3 is 5.32 Å². The summed E-state index contributed by atoms with van der Waals surface area (Å²) >= 11 is 0. The molecule has 0 radical (unpaired) electrons. The van der Waals surface area contributed by atoms with E-state index in [0.29, 0.717) is 12.4 Å². The molecule has 118 valence electrons. The zero-order valence-corrected chi connectivity index (χ0v) is 13.8. The first-order valence-electron chi connectivity index (χ1n) is 7.58. The van der Waals surface area contributed by atoms with Gasteiger partial charge in [-0.25, -0.2) is 18.1 Å². The van der Waals surface area contributed by atoms with Crippen LogP contribution in [0.4, 0.5) is 5.82 Å². The van der Waals surface area contributed by atoms with Gasteiger partial charge in [0, 0.05) is 18.8 Å². The Morgan fingerprint density at radius 1 is 1.43 bits per heavy atom. The molecule has 1 aromatic heterocycles. The second-order valence-electron chi connectivity index (χ2n) is 6.33. The highest BCUT2D eigenvalue weighted by Gasteiger charge is 2.37. The van der Waals surface area contributed by atoms with E-state index in [1.807, 2.05) is 6.92 Å². The summed E-state index contributed by atoms with van der Waals surface area (Å²) in [6.45, 7) is 6.97. The zero-order valence-electron chi connectivity index (χ0n) is 13.0. The average Bonchev–Trinajstić information content (AvgIpc) is 2.75. The average molecular weight is 311 g/mol. The van der Waals surface area contributed by atoms with Crippen molar-refractivity contribution in [3.05, 3.63) is 18.3 Å². The Kier molecular flexibility index (Phi) is 4.88. The molecular weight excluding hydrogens is 286 g/mol. The largest absolute Gasteiger partial charge is 0.369 e. The van der Waals surface area contributed by atoms with Gasteiger partial charge in [0.2, 0.25) is 10.0 Å². The highest BCUT2D eigenvalue weighted by atomic mass is 32.2. The van der Waals surface area contributed by atoms with Crippen LogP contribution in [0, 0.1) is 5.41 Å². The van der Waals surface area contributed by atoms with Crippen LogP contribution in [-0.4, -0.2) is 26.0 Å². The molecule has 0 spiro atoms. The van der Waals surface area contributed by atoms with E-state index in [0.717, 1.165) is 25.7 Å². The molecule has 5 nitrogen and oxygen atoms in total. The third-order valence-electron chi connectivity index (χ3n) is 4.16. The third-order valence-corrected chi connectivity index (χ3v) is 5.66. The number of anilines is 1. The van der Waals surface area contributed by atoms with Crippen LogP contribution in [-0.2, 0) is 10.0 Å². The number of pyridine rings is 1. The zero-order chi connectivity index (χ0) is 15.5. The lowest BCUT2D eigenvalue weighted by Gasteiger charge is -2.27. The van der Waals surface area contributed by atoms with Crippen LogP contribution in [0.25, 0.3) is 0 Å². The molecule has 1 aliphatic carbocycles. The van der Waals surface area contributed by atoms with Crippen LogP contribution in [0.5, 0.6) is 0 Å². The predicted molar refractivity (Wildman–Crippen MR) is 84.8 cm³/mol. The van der Waals surface area contributed by atoms with E-state index in [4.69, 9.17) is 0 Å². The molecule has 0 saturated heterocycles. The fourth-order valence-electron chi connectivity index (χ4n) is 2.78. The summed E-state index contributed by atoms with van der Waals surface area (Å²) in [6.07, 6.45) is 5.53. The van der Waals surface area contributed by atoms with E-state index in [2.05, 4.69) is 28.9 Å². The summed E-state index contributed by atoms with van der Waals surface area (Å²) in [5.74, 6) is 0.433. The van der Waals surface area contributed by atoms with Crippen molar-refractivity contribution in [3.63, 3.8) is 0 Å². The smallest absolute Gasteiger partial charge is 0.244 e. The van der Waals surface area contributed by atoms with Gasteiger partial charge in [-0.1, -0.05) is 27.2 Å². The number of nitrogens with zero attached hydrogens (tertiary/aromatic N) is 1. The Morgan fingerprint density at radius 2 is 2.19 bits per heavy atom. The van der Waals surface area contributed by atoms with Gasteiger partial charge in [-0.2, -0.15) is 0 Å². The molecule has 2 N–H and O–H groups in total. The maximum atomic E-state index is 12.7. The van der Waals surface area contributed by atoms with Crippen LogP contribution in [0.1, 0.15) is 46.5 Å². The molecule has 0 amide bonds. The second kappa shape index (κ2) is 6.32. The van der Waals surface area contributed by atoms with E-state index in [1.165, 1.54) is 0 Å². The lowest BCUT2D eigenvalue weighted by Crippen LogP contribution is -2.41. The summed E-state index contributed by atoms with van der Waals surface area (Å²) in [7, 11) is -3.55. The van der Waals surface area contributed by atoms with Crippen LogP contribution in [0.15, 0.2) is 23.2 Å². The minimum Gasteiger partial charge on any atom is -0.369 e. The van der Waals surface area contributed by atoms with Crippen LogP contribution in [0.2, 0.25) is 0 Å². The number of sulfonamides is 1. The molecule has 21 heavy (non-hydrogen) atoms. The highest BCUT2D eigenvalue weighted by molar-refractivity contribution is 7.89. The minimum atomic E-state index is -3.55. The highest BCUT2D eigenvalue weighted by Crippen LogP contribution is 2.38. The van der Waals surface area contributed by atoms with E-state index >= 15 is 0 Å². The summed E-state index contributed by atoms with van der Waals surface area (Å²) in [4.78, 5) is 4.40. The Labute approximate surface area is 127 Å². The quantitative estimate of drug-likeness (QED) is 0.847. The first-order valence-corrected chi connectivity index (χ1v) is 9.06. The molecule has 0 bridgehead atoms. The minimum absolute atomic E-state index is 0.00624. The molecule has 6 heteroatoms. The number of hydrogen-bond donors (Lipinski definition) is 2. The summed E-state index contributed by atoms with van der Waals surface area (Å²) < 4.78 is 28.2. The van der Waals surface area contributed by atoms with Crippen LogP contribution in [0.3, 0.4) is 0 Å². The fraction of sp³-hybridized carbons (Fsp3) is 0.667. The Bertz CT molecular complexity index is 584. The molecule has 1 fully saturated rings. The number of nitrogens with one attached hydrogen (secondary N) is 2. The molecule has 2 rings (SSSR count). The number of rotatable bonds is 6. The van der Waals surface area contributed by atoms with Crippen molar-refractivity contribution in [2.24, 2.45) is 5.41 Å². The monoisotopic (exact) mass is 311 g/mol. The van der Waals surface area contributed by atoms with Crippen molar-refractivity contribution in [3.8, 4) is 0 Å². The number of hydrogen-bond acceptors (Lipinski definition) is 4. The van der Waals surface area contributed by atoms with Crippen molar-refractivity contribution < 1.29 is 8.42 Å². The van der Waals surface area contributed by atoms with Gasteiger partial charge in [0.25, 0.3) is 0 Å². The van der Waals surface area contributed by atoms with Gasteiger partial charge in [0.15, 0.2) is 0 Å². The van der Waals surface area contributed by atoms with Gasteiger partial charge >= 0.3 is 0 Å². The van der Waals surface area contributed by atoms with Gasteiger partial charge in [-0.15, -0.1) is 0 Å². The predicted octanol–water partition coefficient (Wildman–Crippen LogP) is 2.76. The standard InChI is InChI=1S/C15H25N3O2S/c1-4-10-16-14-12(7-6-11-17-14)21(19,20)18-13-8-5-9-15(13,2)3/h6-7,11,13,18H,4-5,8-10H2,1-3H3,(H,16,17). The molecule has 0 aliphatic heterocycles. The van der Waals surface area contributed by atoms with E-state index < -0.39 is 10.0 Å². The fourth-order valence-corrected chi connectivity index (χ4v) is 4.36.